The average Bonchev–Trinajstić information content (AvgIpc) is 2.91. The molecule has 5 heteroatoms. The largest absolute Gasteiger partial charge is 0.396 e. The van der Waals surface area contributed by atoms with Crippen molar-refractivity contribution in [2.24, 2.45) is 12.5 Å². The van der Waals surface area contributed by atoms with Crippen LogP contribution in [0.5, 0.6) is 0 Å². The standard InChI is InChI=1S/C15H22N4O/c1-4-15(2,10-20)9-16-13-8-6-5-7-12(13)14-18-17-11-19(14)3/h5-8,11,16,20H,4,9-10H2,1-3H3. The second kappa shape index (κ2) is 6.05. The Bertz CT molecular complexity index is 561. The number of para-hydroxylation sites is 1. The van der Waals surface area contributed by atoms with E-state index in [0.29, 0.717) is 0 Å². The molecule has 0 spiro atoms. The van der Waals surface area contributed by atoms with Crippen molar-refractivity contribution in [3.63, 3.8) is 0 Å². The molecular formula is C15H22N4O. The van der Waals surface area contributed by atoms with Gasteiger partial charge in [-0.1, -0.05) is 26.0 Å². The van der Waals surface area contributed by atoms with Gasteiger partial charge in [-0.2, -0.15) is 0 Å². The molecule has 1 unspecified atom stereocenters. The third-order valence-corrected chi connectivity index (χ3v) is 3.82. The van der Waals surface area contributed by atoms with Crippen molar-refractivity contribution in [2.75, 3.05) is 18.5 Å². The number of hydrogen-bond acceptors (Lipinski definition) is 4. The molecule has 0 saturated heterocycles. The second-order valence-electron chi connectivity index (χ2n) is 5.49. The Hall–Kier alpha value is -1.88. The molecule has 1 atom stereocenters. The minimum Gasteiger partial charge on any atom is -0.396 e. The summed E-state index contributed by atoms with van der Waals surface area (Å²) in [5, 5.41) is 21.0. The zero-order valence-corrected chi connectivity index (χ0v) is 12.3. The number of aliphatic hydroxyl groups is 1. The number of hydrogen-bond donors (Lipinski definition) is 2. The number of nitrogens with zero attached hydrogens (tertiary/aromatic N) is 3. The number of benzene rings is 1. The zero-order chi connectivity index (χ0) is 14.6. The van der Waals surface area contributed by atoms with Crippen molar-refractivity contribution in [2.45, 2.75) is 20.3 Å². The van der Waals surface area contributed by atoms with Gasteiger partial charge in [0, 0.05) is 30.3 Å². The molecule has 1 aromatic carbocycles. The van der Waals surface area contributed by atoms with Crippen molar-refractivity contribution >= 4 is 5.69 Å². The summed E-state index contributed by atoms with van der Waals surface area (Å²) in [6.45, 7) is 5.05. The molecule has 0 amide bonds. The highest BCUT2D eigenvalue weighted by molar-refractivity contribution is 5.73. The highest BCUT2D eigenvalue weighted by atomic mass is 16.3. The maximum atomic E-state index is 9.49. The van der Waals surface area contributed by atoms with Gasteiger partial charge in [-0.05, 0) is 18.6 Å². The first-order valence-electron chi connectivity index (χ1n) is 6.88. The van der Waals surface area contributed by atoms with Gasteiger partial charge in [0.25, 0.3) is 0 Å². The monoisotopic (exact) mass is 274 g/mol. The van der Waals surface area contributed by atoms with Crippen LogP contribution in [0.3, 0.4) is 0 Å². The third-order valence-electron chi connectivity index (χ3n) is 3.82. The SMILES string of the molecule is CCC(C)(CO)CNc1ccccc1-c1nncn1C. The quantitative estimate of drug-likeness (QED) is 0.848. The van der Waals surface area contributed by atoms with E-state index >= 15 is 0 Å². The lowest BCUT2D eigenvalue weighted by molar-refractivity contribution is 0.149. The van der Waals surface area contributed by atoms with Crippen LogP contribution in [0.4, 0.5) is 5.69 Å². The molecule has 2 rings (SSSR count). The molecule has 20 heavy (non-hydrogen) atoms. The van der Waals surface area contributed by atoms with E-state index in [2.05, 4.69) is 29.4 Å². The summed E-state index contributed by atoms with van der Waals surface area (Å²) < 4.78 is 1.89. The van der Waals surface area contributed by atoms with Crippen LogP contribution in [0.1, 0.15) is 20.3 Å². The van der Waals surface area contributed by atoms with Crippen molar-refractivity contribution in [1.82, 2.24) is 14.8 Å². The van der Waals surface area contributed by atoms with E-state index in [9.17, 15) is 5.11 Å². The Morgan fingerprint density at radius 3 is 2.70 bits per heavy atom. The fourth-order valence-corrected chi connectivity index (χ4v) is 1.96. The molecule has 0 saturated carbocycles. The molecule has 0 aliphatic carbocycles. The number of aryl methyl sites for hydroxylation is 1. The van der Waals surface area contributed by atoms with Crippen LogP contribution in [-0.4, -0.2) is 33.0 Å². The van der Waals surface area contributed by atoms with Gasteiger partial charge in [0.15, 0.2) is 5.82 Å². The zero-order valence-electron chi connectivity index (χ0n) is 12.3. The van der Waals surface area contributed by atoms with E-state index in [0.717, 1.165) is 30.0 Å². The number of nitrogens with one attached hydrogen (secondary N) is 1. The highest BCUT2D eigenvalue weighted by Gasteiger charge is 2.21. The predicted molar refractivity (Wildman–Crippen MR) is 80.4 cm³/mol. The molecule has 108 valence electrons. The van der Waals surface area contributed by atoms with E-state index in [1.165, 1.54) is 0 Å². The van der Waals surface area contributed by atoms with Crippen molar-refractivity contribution in [3.8, 4) is 11.4 Å². The molecule has 1 heterocycles. The summed E-state index contributed by atoms with van der Waals surface area (Å²) in [5.74, 6) is 0.829. The van der Waals surface area contributed by atoms with Crippen LogP contribution in [0.25, 0.3) is 11.4 Å². The summed E-state index contributed by atoms with van der Waals surface area (Å²) in [6, 6.07) is 8.02. The second-order valence-corrected chi connectivity index (χ2v) is 5.49. The maximum absolute atomic E-state index is 9.49. The van der Waals surface area contributed by atoms with Gasteiger partial charge in [0.1, 0.15) is 6.33 Å². The average molecular weight is 274 g/mol. The number of rotatable bonds is 6. The summed E-state index contributed by atoms with van der Waals surface area (Å²) in [6.07, 6.45) is 2.61. The fraction of sp³-hybridized carbons (Fsp3) is 0.467. The van der Waals surface area contributed by atoms with Crippen LogP contribution in [0, 0.1) is 5.41 Å². The van der Waals surface area contributed by atoms with Gasteiger partial charge in [-0.25, -0.2) is 0 Å². The Morgan fingerprint density at radius 1 is 1.35 bits per heavy atom. The lowest BCUT2D eigenvalue weighted by Gasteiger charge is -2.27. The molecule has 0 fully saturated rings. The van der Waals surface area contributed by atoms with E-state index in [1.54, 1.807) is 6.33 Å². The Morgan fingerprint density at radius 2 is 2.10 bits per heavy atom. The van der Waals surface area contributed by atoms with E-state index < -0.39 is 0 Å². The summed E-state index contributed by atoms with van der Waals surface area (Å²) >= 11 is 0. The van der Waals surface area contributed by atoms with Crippen LogP contribution in [0.15, 0.2) is 30.6 Å². The molecule has 0 radical (unpaired) electrons. The first-order chi connectivity index (χ1) is 9.59. The van der Waals surface area contributed by atoms with Crippen LogP contribution < -0.4 is 5.32 Å². The molecule has 0 bridgehead atoms. The normalized spacial score (nSPS) is 14.0. The van der Waals surface area contributed by atoms with E-state index in [1.807, 2.05) is 35.9 Å². The van der Waals surface area contributed by atoms with Gasteiger partial charge < -0.3 is 15.0 Å². The molecule has 0 aliphatic rings. The first kappa shape index (κ1) is 14.5. The van der Waals surface area contributed by atoms with Crippen LogP contribution in [-0.2, 0) is 7.05 Å². The topological polar surface area (TPSA) is 63.0 Å². The van der Waals surface area contributed by atoms with Gasteiger partial charge in [-0.15, -0.1) is 10.2 Å². The molecule has 5 nitrogen and oxygen atoms in total. The number of anilines is 1. The van der Waals surface area contributed by atoms with Crippen molar-refractivity contribution in [1.29, 1.82) is 0 Å². The minimum atomic E-state index is -0.118. The molecule has 2 aromatic rings. The van der Waals surface area contributed by atoms with E-state index in [4.69, 9.17) is 0 Å². The van der Waals surface area contributed by atoms with Gasteiger partial charge >= 0.3 is 0 Å². The van der Waals surface area contributed by atoms with Crippen molar-refractivity contribution < 1.29 is 5.11 Å². The fourth-order valence-electron chi connectivity index (χ4n) is 1.96. The van der Waals surface area contributed by atoms with Gasteiger partial charge in [0.05, 0.1) is 6.61 Å². The van der Waals surface area contributed by atoms with Gasteiger partial charge in [0.2, 0.25) is 0 Å². The van der Waals surface area contributed by atoms with Crippen LogP contribution >= 0.6 is 0 Å². The summed E-state index contributed by atoms with van der Waals surface area (Å²) in [5.41, 5.74) is 1.91. The minimum absolute atomic E-state index is 0.118. The molecule has 1 aromatic heterocycles. The van der Waals surface area contributed by atoms with E-state index in [-0.39, 0.29) is 12.0 Å². The van der Waals surface area contributed by atoms with Crippen molar-refractivity contribution in [3.05, 3.63) is 30.6 Å². The summed E-state index contributed by atoms with van der Waals surface area (Å²) in [4.78, 5) is 0. The lowest BCUT2D eigenvalue weighted by atomic mass is 9.88. The van der Waals surface area contributed by atoms with Crippen LogP contribution in [0.2, 0.25) is 0 Å². The number of aromatic nitrogens is 3. The third kappa shape index (κ3) is 2.99. The van der Waals surface area contributed by atoms with Gasteiger partial charge in [-0.3, -0.25) is 0 Å². The molecule has 2 N–H and O–H groups in total. The lowest BCUT2D eigenvalue weighted by Crippen LogP contribution is -2.29. The number of aliphatic hydroxyl groups excluding tert-OH is 1. The Labute approximate surface area is 119 Å². The Balaban J connectivity index is 2.24. The highest BCUT2D eigenvalue weighted by Crippen LogP contribution is 2.28. The first-order valence-corrected chi connectivity index (χ1v) is 6.88. The predicted octanol–water partition coefficient (Wildman–Crippen LogP) is 2.30. The molecule has 0 aliphatic heterocycles. The maximum Gasteiger partial charge on any atom is 0.165 e. The summed E-state index contributed by atoms with van der Waals surface area (Å²) in [7, 11) is 1.93. The molecular weight excluding hydrogens is 252 g/mol. The smallest absolute Gasteiger partial charge is 0.165 e. The Kier molecular flexibility index (Phi) is 4.39.